The Morgan fingerprint density at radius 2 is 2.07 bits per heavy atom. The molecule has 0 radical (unpaired) electrons. The van der Waals surface area contributed by atoms with Crippen LogP contribution in [0.15, 0.2) is 12.1 Å². The summed E-state index contributed by atoms with van der Waals surface area (Å²) < 4.78 is 16.0. The van der Waals surface area contributed by atoms with Crippen molar-refractivity contribution in [3.63, 3.8) is 0 Å². The van der Waals surface area contributed by atoms with Gasteiger partial charge in [-0.2, -0.15) is 0 Å². The molecule has 0 aliphatic carbocycles. The summed E-state index contributed by atoms with van der Waals surface area (Å²) in [6, 6.07) is 3.96. The van der Waals surface area contributed by atoms with Crippen LogP contribution in [0.25, 0.3) is 0 Å². The molecule has 0 aromatic heterocycles. The number of hydrogen-bond donors (Lipinski definition) is 0. The summed E-state index contributed by atoms with van der Waals surface area (Å²) in [5, 5.41) is 0. The summed E-state index contributed by atoms with van der Waals surface area (Å²) in [4.78, 5) is 0. The van der Waals surface area contributed by atoms with Crippen LogP contribution < -0.4 is 14.2 Å². The largest absolute Gasteiger partial charge is 0.493 e. The number of rotatable bonds is 2. The second-order valence-corrected chi connectivity index (χ2v) is 3.43. The zero-order valence-corrected chi connectivity index (χ0v) is 8.66. The number of methoxy groups -OCH3 is 2. The Morgan fingerprint density at radius 3 is 2.71 bits per heavy atom. The van der Waals surface area contributed by atoms with Gasteiger partial charge in [-0.3, -0.25) is 0 Å². The fraction of sp³-hybridized carbons (Fsp3) is 0.455. The molecule has 0 spiro atoms. The lowest BCUT2D eigenvalue weighted by atomic mass is 10.0. The van der Waals surface area contributed by atoms with Crippen LogP contribution in [0.1, 0.15) is 18.4 Å². The summed E-state index contributed by atoms with van der Waals surface area (Å²) >= 11 is 0. The Labute approximate surface area is 83.6 Å². The van der Waals surface area contributed by atoms with Gasteiger partial charge in [0.1, 0.15) is 0 Å². The summed E-state index contributed by atoms with van der Waals surface area (Å²) in [5.74, 6) is 2.69. The Balaban J connectivity index is 2.54. The minimum absolute atomic E-state index is 0.435. The average molecular weight is 194 g/mol. The van der Waals surface area contributed by atoms with Gasteiger partial charge in [0, 0.05) is 11.5 Å². The Bertz CT molecular complexity index is 347. The second-order valence-electron chi connectivity index (χ2n) is 3.43. The lowest BCUT2D eigenvalue weighted by Gasteiger charge is -2.11. The highest BCUT2D eigenvalue weighted by atomic mass is 16.5. The third-order valence-corrected chi connectivity index (χ3v) is 2.54. The van der Waals surface area contributed by atoms with Gasteiger partial charge in [0.05, 0.1) is 20.8 Å². The SMILES string of the molecule is COc1ccc2c(c1OC)OC[C@@H]2C. The lowest BCUT2D eigenvalue weighted by Crippen LogP contribution is -1.94. The van der Waals surface area contributed by atoms with Crippen molar-refractivity contribution < 1.29 is 14.2 Å². The summed E-state index contributed by atoms with van der Waals surface area (Å²) in [5.41, 5.74) is 1.20. The zero-order valence-electron chi connectivity index (χ0n) is 8.66. The quantitative estimate of drug-likeness (QED) is 0.722. The van der Waals surface area contributed by atoms with Crippen LogP contribution >= 0.6 is 0 Å². The minimum Gasteiger partial charge on any atom is -0.493 e. The van der Waals surface area contributed by atoms with Gasteiger partial charge in [-0.25, -0.2) is 0 Å². The monoisotopic (exact) mass is 194 g/mol. The van der Waals surface area contributed by atoms with E-state index in [1.807, 2.05) is 12.1 Å². The smallest absolute Gasteiger partial charge is 0.203 e. The topological polar surface area (TPSA) is 27.7 Å². The predicted octanol–water partition coefficient (Wildman–Crippen LogP) is 2.20. The van der Waals surface area contributed by atoms with E-state index in [1.165, 1.54) is 5.56 Å². The number of benzene rings is 1. The van der Waals surface area contributed by atoms with Crippen molar-refractivity contribution in [3.05, 3.63) is 17.7 Å². The first-order valence-corrected chi connectivity index (χ1v) is 4.65. The third kappa shape index (κ3) is 1.20. The average Bonchev–Trinajstić information content (AvgIpc) is 2.59. The summed E-state index contributed by atoms with van der Waals surface area (Å²) in [6.07, 6.45) is 0. The highest BCUT2D eigenvalue weighted by Gasteiger charge is 2.25. The van der Waals surface area contributed by atoms with Gasteiger partial charge in [-0.05, 0) is 6.07 Å². The lowest BCUT2D eigenvalue weighted by molar-refractivity contribution is 0.301. The molecule has 1 aliphatic rings. The van der Waals surface area contributed by atoms with Crippen LogP contribution in [-0.2, 0) is 0 Å². The van der Waals surface area contributed by atoms with E-state index in [-0.39, 0.29) is 0 Å². The first kappa shape index (κ1) is 9.19. The molecule has 0 fully saturated rings. The first-order chi connectivity index (χ1) is 6.77. The molecule has 1 heterocycles. The van der Waals surface area contributed by atoms with Crippen molar-refractivity contribution in [1.82, 2.24) is 0 Å². The van der Waals surface area contributed by atoms with Crippen LogP contribution in [0.2, 0.25) is 0 Å². The van der Waals surface area contributed by atoms with Crippen molar-refractivity contribution >= 4 is 0 Å². The number of fused-ring (bicyclic) bond motifs is 1. The maximum absolute atomic E-state index is 5.57. The molecular weight excluding hydrogens is 180 g/mol. The molecule has 0 N–H and O–H groups in total. The molecule has 0 saturated heterocycles. The van der Waals surface area contributed by atoms with Crippen LogP contribution in [0.5, 0.6) is 17.2 Å². The maximum atomic E-state index is 5.57. The predicted molar refractivity (Wildman–Crippen MR) is 53.5 cm³/mol. The molecule has 3 heteroatoms. The highest BCUT2D eigenvalue weighted by molar-refractivity contribution is 5.58. The van der Waals surface area contributed by atoms with Crippen molar-refractivity contribution in [2.75, 3.05) is 20.8 Å². The normalized spacial score (nSPS) is 18.6. The Morgan fingerprint density at radius 1 is 1.29 bits per heavy atom. The molecule has 1 atom stereocenters. The minimum atomic E-state index is 0.435. The molecule has 1 aromatic carbocycles. The van der Waals surface area contributed by atoms with Gasteiger partial charge in [0.15, 0.2) is 11.5 Å². The molecule has 0 amide bonds. The molecule has 2 rings (SSSR count). The molecule has 14 heavy (non-hydrogen) atoms. The molecule has 0 bridgehead atoms. The van der Waals surface area contributed by atoms with Gasteiger partial charge in [-0.15, -0.1) is 0 Å². The second kappa shape index (κ2) is 3.40. The Kier molecular flexibility index (Phi) is 2.23. The van der Waals surface area contributed by atoms with E-state index >= 15 is 0 Å². The Hall–Kier alpha value is -1.38. The van der Waals surface area contributed by atoms with Gasteiger partial charge >= 0.3 is 0 Å². The van der Waals surface area contributed by atoms with E-state index in [4.69, 9.17) is 14.2 Å². The van der Waals surface area contributed by atoms with E-state index in [0.717, 1.165) is 18.1 Å². The van der Waals surface area contributed by atoms with Crippen LogP contribution in [0, 0.1) is 0 Å². The number of hydrogen-bond acceptors (Lipinski definition) is 3. The standard InChI is InChI=1S/C11H14O3/c1-7-6-14-10-8(7)4-5-9(12-2)11(10)13-3/h4-5,7H,6H2,1-3H3/t7-/m0/s1. The highest BCUT2D eigenvalue weighted by Crippen LogP contribution is 2.46. The molecule has 76 valence electrons. The fourth-order valence-corrected chi connectivity index (χ4v) is 1.75. The fourth-order valence-electron chi connectivity index (χ4n) is 1.75. The van der Waals surface area contributed by atoms with Crippen molar-refractivity contribution in [2.24, 2.45) is 0 Å². The van der Waals surface area contributed by atoms with Crippen LogP contribution in [0.4, 0.5) is 0 Å². The molecule has 0 unspecified atom stereocenters. The molecule has 1 aromatic rings. The van der Waals surface area contributed by atoms with E-state index in [0.29, 0.717) is 11.7 Å². The maximum Gasteiger partial charge on any atom is 0.203 e. The van der Waals surface area contributed by atoms with Crippen molar-refractivity contribution in [2.45, 2.75) is 12.8 Å². The van der Waals surface area contributed by atoms with Gasteiger partial charge in [-0.1, -0.05) is 13.0 Å². The van der Waals surface area contributed by atoms with Gasteiger partial charge in [0.2, 0.25) is 5.75 Å². The van der Waals surface area contributed by atoms with E-state index < -0.39 is 0 Å². The van der Waals surface area contributed by atoms with Crippen LogP contribution in [0.3, 0.4) is 0 Å². The van der Waals surface area contributed by atoms with E-state index in [9.17, 15) is 0 Å². The molecular formula is C11H14O3. The van der Waals surface area contributed by atoms with Crippen molar-refractivity contribution in [3.8, 4) is 17.2 Å². The van der Waals surface area contributed by atoms with Gasteiger partial charge < -0.3 is 14.2 Å². The number of ether oxygens (including phenoxy) is 3. The first-order valence-electron chi connectivity index (χ1n) is 4.65. The van der Waals surface area contributed by atoms with Crippen LogP contribution in [-0.4, -0.2) is 20.8 Å². The summed E-state index contributed by atoms with van der Waals surface area (Å²) in [7, 11) is 3.26. The molecule has 1 aliphatic heterocycles. The van der Waals surface area contributed by atoms with E-state index in [2.05, 4.69) is 6.92 Å². The summed E-state index contributed by atoms with van der Waals surface area (Å²) in [6.45, 7) is 2.86. The third-order valence-electron chi connectivity index (χ3n) is 2.54. The zero-order chi connectivity index (χ0) is 10.1. The molecule has 3 nitrogen and oxygen atoms in total. The molecule has 0 saturated carbocycles. The van der Waals surface area contributed by atoms with E-state index in [1.54, 1.807) is 14.2 Å². The van der Waals surface area contributed by atoms with Gasteiger partial charge in [0.25, 0.3) is 0 Å². The van der Waals surface area contributed by atoms with Crippen molar-refractivity contribution in [1.29, 1.82) is 0 Å².